The zero-order valence-corrected chi connectivity index (χ0v) is 17.1. The van der Waals surface area contributed by atoms with E-state index in [2.05, 4.69) is 10.9 Å². The minimum atomic E-state index is -3.66. The normalized spacial score (nSPS) is 15.4. The third kappa shape index (κ3) is 5.14. The first kappa shape index (κ1) is 21.7. The van der Waals surface area contributed by atoms with Crippen LogP contribution in [-0.2, 0) is 14.8 Å². The molecule has 1 heterocycles. The molecule has 1 fully saturated rings. The Morgan fingerprint density at radius 2 is 1.73 bits per heavy atom. The van der Waals surface area contributed by atoms with Gasteiger partial charge in [-0.15, -0.1) is 0 Å². The highest BCUT2D eigenvalue weighted by Crippen LogP contribution is 2.21. The molecule has 2 aromatic carbocycles. The summed E-state index contributed by atoms with van der Waals surface area (Å²) in [4.78, 5) is 24.5. The number of nitrogens with one attached hydrogen (secondary N) is 2. The molecule has 1 aliphatic heterocycles. The van der Waals surface area contributed by atoms with Crippen LogP contribution in [0.5, 0.6) is 5.75 Å². The molecule has 160 valence electrons. The highest BCUT2D eigenvalue weighted by molar-refractivity contribution is 7.89. The van der Waals surface area contributed by atoms with Gasteiger partial charge in [-0.2, -0.15) is 4.31 Å². The number of amides is 2. The lowest BCUT2D eigenvalue weighted by atomic mass is 10.2. The Balaban J connectivity index is 1.59. The number of carbonyl (C=O) groups excluding carboxylic acids is 2. The zero-order chi connectivity index (χ0) is 21.7. The van der Waals surface area contributed by atoms with E-state index in [4.69, 9.17) is 4.74 Å². The van der Waals surface area contributed by atoms with Gasteiger partial charge in [0, 0.05) is 18.7 Å². The Bertz CT molecular complexity index is 1020. The lowest BCUT2D eigenvalue weighted by Crippen LogP contribution is -2.47. The topological polar surface area (TPSA) is 105 Å². The fraction of sp³-hybridized carbons (Fsp3) is 0.300. The molecule has 8 nitrogen and oxygen atoms in total. The first-order valence-electron chi connectivity index (χ1n) is 9.40. The van der Waals surface area contributed by atoms with Crippen molar-refractivity contribution in [3.63, 3.8) is 0 Å². The monoisotopic (exact) mass is 435 g/mol. The third-order valence-corrected chi connectivity index (χ3v) is 6.49. The highest BCUT2D eigenvalue weighted by Gasteiger charge is 2.27. The number of hydrogen-bond acceptors (Lipinski definition) is 5. The molecule has 0 bridgehead atoms. The maximum atomic E-state index is 12.9. The van der Waals surface area contributed by atoms with Gasteiger partial charge < -0.3 is 4.74 Å². The Hall–Kier alpha value is -2.98. The van der Waals surface area contributed by atoms with Gasteiger partial charge >= 0.3 is 0 Å². The van der Waals surface area contributed by atoms with E-state index < -0.39 is 33.8 Å². The van der Waals surface area contributed by atoms with Crippen molar-refractivity contribution in [3.05, 3.63) is 59.9 Å². The molecular formula is C20H22FN3O5S. The van der Waals surface area contributed by atoms with E-state index in [1.807, 2.05) is 0 Å². The smallest absolute Gasteiger partial charge is 0.279 e. The van der Waals surface area contributed by atoms with Crippen LogP contribution in [0.1, 0.15) is 30.1 Å². The van der Waals surface area contributed by atoms with E-state index in [1.165, 1.54) is 59.8 Å². The van der Waals surface area contributed by atoms with Gasteiger partial charge in [-0.1, -0.05) is 6.07 Å². The summed E-state index contributed by atoms with van der Waals surface area (Å²) >= 11 is 0. The van der Waals surface area contributed by atoms with Crippen LogP contribution in [0.15, 0.2) is 53.4 Å². The molecule has 30 heavy (non-hydrogen) atoms. The van der Waals surface area contributed by atoms with E-state index in [9.17, 15) is 22.4 Å². The zero-order valence-electron chi connectivity index (χ0n) is 16.3. The van der Waals surface area contributed by atoms with Gasteiger partial charge in [-0.05, 0) is 62.2 Å². The van der Waals surface area contributed by atoms with Crippen molar-refractivity contribution in [2.75, 3.05) is 13.1 Å². The van der Waals surface area contributed by atoms with Crippen LogP contribution in [0.25, 0.3) is 0 Å². The number of ether oxygens (including phenoxy) is 1. The average molecular weight is 435 g/mol. The number of rotatable bonds is 6. The summed E-state index contributed by atoms with van der Waals surface area (Å²) in [6.07, 6.45) is 0.658. The second kappa shape index (κ2) is 9.23. The summed E-state index contributed by atoms with van der Waals surface area (Å²) in [7, 11) is -3.66. The van der Waals surface area contributed by atoms with Gasteiger partial charge in [0.1, 0.15) is 11.6 Å². The molecule has 0 aromatic heterocycles. The number of hydrogen-bond donors (Lipinski definition) is 2. The van der Waals surface area contributed by atoms with Crippen LogP contribution in [0, 0.1) is 5.82 Å². The fourth-order valence-corrected chi connectivity index (χ4v) is 4.50. The van der Waals surface area contributed by atoms with Crippen LogP contribution < -0.4 is 15.6 Å². The van der Waals surface area contributed by atoms with Crippen LogP contribution in [0.3, 0.4) is 0 Å². The van der Waals surface area contributed by atoms with E-state index in [1.54, 1.807) is 0 Å². The van der Waals surface area contributed by atoms with Crippen LogP contribution >= 0.6 is 0 Å². The number of sulfonamides is 1. The van der Waals surface area contributed by atoms with Crippen molar-refractivity contribution in [2.45, 2.75) is 30.8 Å². The second-order valence-corrected chi connectivity index (χ2v) is 8.73. The van der Waals surface area contributed by atoms with Crippen LogP contribution in [0.2, 0.25) is 0 Å². The summed E-state index contributed by atoms with van der Waals surface area (Å²) in [5.74, 6) is -1.43. The lowest BCUT2D eigenvalue weighted by Gasteiger charge is -2.17. The standard InChI is InChI=1S/C20H22FN3O5S/c1-14(29-17-9-7-16(21)8-10-17)19(25)22-23-20(26)15-5-4-6-18(13-15)30(27,28)24-11-2-3-12-24/h4-10,13-14H,2-3,11-12H2,1H3,(H,22,25)(H,23,26). The first-order chi connectivity index (χ1) is 14.3. The van der Waals surface area contributed by atoms with Gasteiger partial charge in [-0.3, -0.25) is 20.4 Å². The Morgan fingerprint density at radius 3 is 2.40 bits per heavy atom. The number of hydrazine groups is 1. The Labute approximate surface area is 174 Å². The van der Waals surface area contributed by atoms with Crippen LogP contribution in [-0.4, -0.2) is 43.7 Å². The number of halogens is 1. The minimum absolute atomic E-state index is 0.0244. The Kier molecular flexibility index (Phi) is 6.68. The molecule has 0 spiro atoms. The maximum absolute atomic E-state index is 12.9. The molecule has 1 unspecified atom stereocenters. The first-order valence-corrected chi connectivity index (χ1v) is 10.8. The van der Waals surface area contributed by atoms with Gasteiger partial charge in [0.25, 0.3) is 11.8 Å². The van der Waals surface area contributed by atoms with Crippen molar-refractivity contribution in [2.24, 2.45) is 0 Å². The molecule has 1 atom stereocenters. The molecule has 3 rings (SSSR count). The predicted octanol–water partition coefficient (Wildman–Crippen LogP) is 1.84. The van der Waals surface area contributed by atoms with Crippen molar-refractivity contribution in [1.82, 2.24) is 15.2 Å². The second-order valence-electron chi connectivity index (χ2n) is 6.80. The van der Waals surface area contributed by atoms with Gasteiger partial charge in [-0.25, -0.2) is 12.8 Å². The summed E-state index contributed by atoms with van der Waals surface area (Å²) in [6, 6.07) is 10.8. The molecular weight excluding hydrogens is 413 g/mol. The van der Waals surface area contributed by atoms with Gasteiger partial charge in [0.05, 0.1) is 4.90 Å². The quantitative estimate of drug-likeness (QED) is 0.674. The molecule has 1 saturated heterocycles. The van der Waals surface area contributed by atoms with Gasteiger partial charge in [0.2, 0.25) is 10.0 Å². The van der Waals surface area contributed by atoms with E-state index >= 15 is 0 Å². The molecule has 0 aliphatic carbocycles. The molecule has 2 aromatic rings. The van der Waals surface area contributed by atoms with E-state index in [0.717, 1.165) is 12.8 Å². The molecule has 0 radical (unpaired) electrons. The van der Waals surface area contributed by atoms with Crippen molar-refractivity contribution in [3.8, 4) is 5.75 Å². The maximum Gasteiger partial charge on any atom is 0.279 e. The van der Waals surface area contributed by atoms with E-state index in [0.29, 0.717) is 18.8 Å². The molecule has 10 heteroatoms. The van der Waals surface area contributed by atoms with Crippen molar-refractivity contribution < 1.29 is 27.1 Å². The molecule has 2 amide bonds. The van der Waals surface area contributed by atoms with Crippen molar-refractivity contribution in [1.29, 1.82) is 0 Å². The Morgan fingerprint density at radius 1 is 1.07 bits per heavy atom. The lowest BCUT2D eigenvalue weighted by molar-refractivity contribution is -0.128. The number of carbonyl (C=O) groups is 2. The molecule has 1 aliphatic rings. The largest absolute Gasteiger partial charge is 0.481 e. The summed E-state index contributed by atoms with van der Waals surface area (Å²) in [6.45, 7) is 2.38. The van der Waals surface area contributed by atoms with E-state index in [-0.39, 0.29) is 10.5 Å². The van der Waals surface area contributed by atoms with Crippen molar-refractivity contribution >= 4 is 21.8 Å². The minimum Gasteiger partial charge on any atom is -0.481 e. The summed E-state index contributed by atoms with van der Waals surface area (Å²) in [5.41, 5.74) is 4.55. The number of nitrogens with zero attached hydrogens (tertiary/aromatic N) is 1. The van der Waals surface area contributed by atoms with Gasteiger partial charge in [0.15, 0.2) is 6.10 Å². The predicted molar refractivity (Wildman–Crippen MR) is 107 cm³/mol. The fourth-order valence-electron chi connectivity index (χ4n) is 2.94. The average Bonchev–Trinajstić information content (AvgIpc) is 3.29. The van der Waals surface area contributed by atoms with Crippen LogP contribution in [0.4, 0.5) is 4.39 Å². The number of benzene rings is 2. The SMILES string of the molecule is CC(Oc1ccc(F)cc1)C(=O)NNC(=O)c1cccc(S(=O)(=O)N2CCCC2)c1. The molecule has 0 saturated carbocycles. The molecule has 2 N–H and O–H groups in total. The third-order valence-electron chi connectivity index (χ3n) is 4.59. The highest BCUT2D eigenvalue weighted by atomic mass is 32.2. The summed E-state index contributed by atoms with van der Waals surface area (Å²) in [5, 5.41) is 0. The summed E-state index contributed by atoms with van der Waals surface area (Å²) < 4.78 is 45.0.